The van der Waals surface area contributed by atoms with E-state index in [2.05, 4.69) is 27.8 Å². The Morgan fingerprint density at radius 1 is 1.22 bits per heavy atom. The Balaban J connectivity index is 2.66. The molecule has 0 aromatic heterocycles. The molecule has 1 fully saturated rings. The van der Waals surface area contributed by atoms with E-state index < -0.39 is 18.4 Å². The van der Waals surface area contributed by atoms with Gasteiger partial charge in [-0.3, -0.25) is 0 Å². The van der Waals surface area contributed by atoms with E-state index in [9.17, 15) is 5.11 Å². The molecular weight excluding hydrogens is 327 g/mol. The molecule has 1 unspecified atom stereocenters. The molecule has 1 rings (SSSR count). The number of aliphatic hydroxyl groups is 1. The third kappa shape index (κ3) is 5.64. The molecule has 1 nitrogen and oxygen atoms in total. The van der Waals surface area contributed by atoms with Crippen LogP contribution in [0, 0.1) is 5.92 Å². The van der Waals surface area contributed by atoms with Gasteiger partial charge in [0.2, 0.25) is 0 Å². The molecule has 0 saturated heterocycles. The molecule has 1 aliphatic rings. The summed E-state index contributed by atoms with van der Waals surface area (Å²) >= 11 is -1.99. The van der Waals surface area contributed by atoms with Crippen molar-refractivity contribution in [1.82, 2.24) is 0 Å². The second-order valence-electron chi connectivity index (χ2n) is 6.93. The molecule has 0 spiro atoms. The van der Waals surface area contributed by atoms with Gasteiger partial charge in [-0.25, -0.2) is 0 Å². The first-order valence-corrected chi connectivity index (χ1v) is 17.8. The summed E-state index contributed by atoms with van der Waals surface area (Å²) in [5, 5.41) is 10.5. The molecule has 0 aliphatic heterocycles. The number of hydrogen-bond donors (Lipinski definition) is 1. The molecule has 106 valence electrons. The standard InChI is InChI=1S/C13H23O.3CH3.Sn/c1-2-3-4-8-11-13(14)12-9-6-5-7-10-12;;;;/h11-14H,2-7,9-10H2,1H3;3*1H3;. The quantitative estimate of drug-likeness (QED) is 0.668. The second kappa shape index (κ2) is 7.94. The van der Waals surface area contributed by atoms with Crippen LogP contribution in [0.15, 0.2) is 9.67 Å². The summed E-state index contributed by atoms with van der Waals surface area (Å²) in [5.41, 5.74) is 0. The van der Waals surface area contributed by atoms with Crippen molar-refractivity contribution in [2.75, 3.05) is 0 Å². The summed E-state index contributed by atoms with van der Waals surface area (Å²) < 4.78 is 1.66. The molecule has 18 heavy (non-hydrogen) atoms. The van der Waals surface area contributed by atoms with E-state index in [0.29, 0.717) is 5.92 Å². The fourth-order valence-electron chi connectivity index (χ4n) is 2.89. The van der Waals surface area contributed by atoms with E-state index in [1.807, 2.05) is 0 Å². The summed E-state index contributed by atoms with van der Waals surface area (Å²) in [6, 6.07) is 0. The van der Waals surface area contributed by atoms with E-state index in [0.717, 1.165) is 0 Å². The fraction of sp³-hybridized carbons (Fsp3) is 0.875. The Labute approximate surface area is 118 Å². The molecule has 1 saturated carbocycles. The first kappa shape index (κ1) is 16.6. The second-order valence-corrected chi connectivity index (χ2v) is 21.6. The molecule has 1 aliphatic carbocycles. The average molecular weight is 359 g/mol. The predicted molar refractivity (Wildman–Crippen MR) is 83.5 cm³/mol. The zero-order valence-electron chi connectivity index (χ0n) is 12.8. The van der Waals surface area contributed by atoms with Crippen molar-refractivity contribution in [1.29, 1.82) is 0 Å². The molecule has 1 N–H and O–H groups in total. The Kier molecular flexibility index (Phi) is 7.30. The normalized spacial score (nSPS) is 21.1. The van der Waals surface area contributed by atoms with E-state index in [4.69, 9.17) is 0 Å². The van der Waals surface area contributed by atoms with Gasteiger partial charge in [-0.15, -0.1) is 0 Å². The van der Waals surface area contributed by atoms with Gasteiger partial charge in [0.25, 0.3) is 0 Å². The van der Waals surface area contributed by atoms with Crippen LogP contribution in [0.3, 0.4) is 0 Å². The maximum absolute atomic E-state index is 10.5. The number of unbranched alkanes of at least 4 members (excludes halogenated alkanes) is 1. The van der Waals surface area contributed by atoms with E-state index in [1.165, 1.54) is 51.4 Å². The maximum atomic E-state index is 10.5. The van der Waals surface area contributed by atoms with Gasteiger partial charge in [0.05, 0.1) is 0 Å². The van der Waals surface area contributed by atoms with Crippen LogP contribution in [0.4, 0.5) is 0 Å². The van der Waals surface area contributed by atoms with Crippen LogP contribution >= 0.6 is 0 Å². The fourth-order valence-corrected chi connectivity index (χ4v) is 7.45. The van der Waals surface area contributed by atoms with Crippen LogP contribution in [-0.2, 0) is 0 Å². The molecule has 0 heterocycles. The SMILES string of the molecule is CCCC/[C](=C\C(O)C1CCCCC1)[Sn]([CH3])([CH3])[CH3]. The summed E-state index contributed by atoms with van der Waals surface area (Å²) in [5.74, 6) is 0.545. The molecule has 0 aromatic carbocycles. The van der Waals surface area contributed by atoms with Crippen LogP contribution in [0.25, 0.3) is 0 Å². The minimum atomic E-state index is -1.99. The number of hydrogen-bond acceptors (Lipinski definition) is 1. The van der Waals surface area contributed by atoms with Crippen molar-refractivity contribution in [3.8, 4) is 0 Å². The summed E-state index contributed by atoms with van der Waals surface area (Å²) in [7, 11) is 0. The molecule has 0 bridgehead atoms. The van der Waals surface area contributed by atoms with Crippen LogP contribution in [0.1, 0.15) is 58.3 Å². The van der Waals surface area contributed by atoms with Crippen LogP contribution < -0.4 is 0 Å². The molecule has 2 heteroatoms. The van der Waals surface area contributed by atoms with Crippen LogP contribution in [0.5, 0.6) is 0 Å². The van der Waals surface area contributed by atoms with Gasteiger partial charge >= 0.3 is 118 Å². The van der Waals surface area contributed by atoms with Gasteiger partial charge in [-0.1, -0.05) is 0 Å². The number of aliphatic hydroxyl groups excluding tert-OH is 1. The summed E-state index contributed by atoms with van der Waals surface area (Å²) in [6.45, 7) is 2.26. The zero-order chi connectivity index (χ0) is 13.6. The first-order valence-electron chi connectivity index (χ1n) is 7.84. The van der Waals surface area contributed by atoms with Gasteiger partial charge in [0.1, 0.15) is 0 Å². The van der Waals surface area contributed by atoms with Crippen LogP contribution in [0.2, 0.25) is 14.8 Å². The molecule has 0 aromatic rings. The summed E-state index contributed by atoms with van der Waals surface area (Å²) in [4.78, 5) is 7.43. The van der Waals surface area contributed by atoms with E-state index in [-0.39, 0.29) is 6.10 Å². The van der Waals surface area contributed by atoms with E-state index >= 15 is 0 Å². The molecule has 0 radical (unpaired) electrons. The van der Waals surface area contributed by atoms with Crippen molar-refractivity contribution in [3.63, 3.8) is 0 Å². The van der Waals surface area contributed by atoms with Gasteiger partial charge in [-0.2, -0.15) is 0 Å². The zero-order valence-corrected chi connectivity index (χ0v) is 15.7. The molecular formula is C16H32OSn. The van der Waals surface area contributed by atoms with Crippen molar-refractivity contribution < 1.29 is 5.11 Å². The van der Waals surface area contributed by atoms with Crippen molar-refractivity contribution in [2.45, 2.75) is 79.2 Å². The Morgan fingerprint density at radius 3 is 2.33 bits per heavy atom. The molecule has 0 amide bonds. The Morgan fingerprint density at radius 2 is 1.83 bits per heavy atom. The first-order chi connectivity index (χ1) is 8.45. The predicted octanol–water partition coefficient (Wildman–Crippen LogP) is 4.92. The van der Waals surface area contributed by atoms with Gasteiger partial charge in [0, 0.05) is 0 Å². The molecule has 1 atom stereocenters. The third-order valence-electron chi connectivity index (χ3n) is 4.27. The topological polar surface area (TPSA) is 20.2 Å². The van der Waals surface area contributed by atoms with Gasteiger partial charge in [-0.05, 0) is 0 Å². The summed E-state index contributed by atoms with van der Waals surface area (Å²) in [6.07, 6.45) is 12.4. The monoisotopic (exact) mass is 360 g/mol. The van der Waals surface area contributed by atoms with Crippen LogP contribution in [-0.4, -0.2) is 29.6 Å². The minimum absolute atomic E-state index is 0.159. The number of rotatable bonds is 6. The Hall–Kier alpha value is 0.499. The average Bonchev–Trinajstić information content (AvgIpc) is 2.34. The van der Waals surface area contributed by atoms with Crippen molar-refractivity contribution in [3.05, 3.63) is 9.67 Å². The van der Waals surface area contributed by atoms with Gasteiger partial charge in [0.15, 0.2) is 0 Å². The third-order valence-corrected chi connectivity index (χ3v) is 11.0. The Bertz CT molecular complexity index is 259. The van der Waals surface area contributed by atoms with Crippen molar-refractivity contribution >= 4 is 18.4 Å². The van der Waals surface area contributed by atoms with E-state index in [1.54, 1.807) is 3.59 Å². The number of allylic oxidation sites excluding steroid dienone is 1. The van der Waals surface area contributed by atoms with Gasteiger partial charge < -0.3 is 0 Å². The van der Waals surface area contributed by atoms with Crippen molar-refractivity contribution in [2.24, 2.45) is 5.92 Å².